The molecule has 1 amide bonds. The quantitative estimate of drug-likeness (QED) is 0.367. The number of benzene rings is 2. The van der Waals surface area contributed by atoms with Gasteiger partial charge in [-0.05, 0) is 40.8 Å². The normalized spacial score (nSPS) is 19.9. The molecule has 0 radical (unpaired) electrons. The molecule has 1 unspecified atom stereocenters. The maximum Gasteiger partial charge on any atom is 0.435 e. The largest absolute Gasteiger partial charge is 0.435 e. The van der Waals surface area contributed by atoms with E-state index < -0.39 is 39.6 Å². The second-order valence-corrected chi connectivity index (χ2v) is 10.8. The third-order valence-electron chi connectivity index (χ3n) is 5.96. The molecule has 1 N–H and O–H groups in total. The summed E-state index contributed by atoms with van der Waals surface area (Å²) in [4.78, 5) is 19.2. The van der Waals surface area contributed by atoms with Crippen molar-refractivity contribution < 1.29 is 27.2 Å². The first-order valence-electron chi connectivity index (χ1n) is 10.8. The van der Waals surface area contributed by atoms with Crippen molar-refractivity contribution in [2.75, 3.05) is 6.54 Å². The Morgan fingerprint density at radius 2 is 1.74 bits per heavy atom. The molecule has 11 heteroatoms. The number of alkyl halides is 3. The Balaban J connectivity index is 1.54. The van der Waals surface area contributed by atoms with E-state index in [-0.39, 0.29) is 23.7 Å². The lowest BCUT2D eigenvalue weighted by Crippen LogP contribution is -2.44. The first-order chi connectivity index (χ1) is 16.2. The van der Waals surface area contributed by atoms with E-state index in [0.717, 1.165) is 23.3 Å². The van der Waals surface area contributed by atoms with Crippen LogP contribution in [-0.2, 0) is 23.5 Å². The van der Waals surface area contributed by atoms with Gasteiger partial charge >= 0.3 is 6.18 Å². The topological polar surface area (TPSA) is 53.9 Å². The minimum absolute atomic E-state index is 0.0756. The number of rotatable bonds is 3. The van der Waals surface area contributed by atoms with Crippen LogP contribution >= 0.6 is 23.2 Å². The molecule has 188 valence electrons. The zero-order valence-corrected chi connectivity index (χ0v) is 20.7. The third-order valence-corrected chi connectivity index (χ3v) is 6.51. The fraction of sp³-hybridized carbons (Fsp3) is 0.417. The molecule has 35 heavy (non-hydrogen) atoms. The zero-order valence-electron chi connectivity index (χ0n) is 19.2. The molecule has 0 aromatic heterocycles. The monoisotopic (exact) mass is 531 g/mol. The highest BCUT2D eigenvalue weighted by molar-refractivity contribution is 6.35. The number of nitrogens with one attached hydrogen (secondary N) is 1. The summed E-state index contributed by atoms with van der Waals surface area (Å²) < 4.78 is 56.6. The van der Waals surface area contributed by atoms with Gasteiger partial charge in [-0.25, -0.2) is 4.39 Å². The fourth-order valence-electron chi connectivity index (χ4n) is 4.01. The van der Waals surface area contributed by atoms with E-state index in [0.29, 0.717) is 18.7 Å². The lowest BCUT2D eigenvalue weighted by molar-refractivity contribution is -0.275. The Labute approximate surface area is 210 Å². The van der Waals surface area contributed by atoms with E-state index in [1.807, 2.05) is 20.8 Å². The van der Waals surface area contributed by atoms with Gasteiger partial charge in [0, 0.05) is 30.8 Å². The van der Waals surface area contributed by atoms with E-state index in [2.05, 4.69) is 10.5 Å². The summed E-state index contributed by atoms with van der Waals surface area (Å²) in [7, 11) is 0. The van der Waals surface area contributed by atoms with Crippen molar-refractivity contribution in [3.63, 3.8) is 0 Å². The molecule has 2 aliphatic rings. The molecule has 0 spiro atoms. The van der Waals surface area contributed by atoms with Gasteiger partial charge < -0.3 is 15.1 Å². The number of halogens is 6. The van der Waals surface area contributed by atoms with Gasteiger partial charge in [-0.3, -0.25) is 4.79 Å². The van der Waals surface area contributed by atoms with Gasteiger partial charge in [0.2, 0.25) is 0 Å². The summed E-state index contributed by atoms with van der Waals surface area (Å²) in [6, 6.07) is 6.93. The number of hydrogen-bond acceptors (Lipinski definition) is 4. The van der Waals surface area contributed by atoms with Crippen LogP contribution in [0, 0.1) is 11.2 Å². The van der Waals surface area contributed by atoms with Gasteiger partial charge in [0.25, 0.3) is 11.5 Å². The third kappa shape index (κ3) is 4.93. The molecule has 2 aliphatic heterocycles. The Morgan fingerprint density at radius 1 is 1.11 bits per heavy atom. The van der Waals surface area contributed by atoms with Crippen molar-refractivity contribution >= 4 is 34.9 Å². The smallest absolute Gasteiger partial charge is 0.372 e. The van der Waals surface area contributed by atoms with Gasteiger partial charge in [-0.1, -0.05) is 55.2 Å². The summed E-state index contributed by atoms with van der Waals surface area (Å²) in [6.45, 7) is 7.09. The lowest BCUT2D eigenvalue weighted by atomic mass is 9.89. The summed E-state index contributed by atoms with van der Waals surface area (Å²) in [6.07, 6.45) is -5.52. The maximum atomic E-state index is 14.2. The van der Waals surface area contributed by atoms with Crippen LogP contribution in [0.1, 0.15) is 54.2 Å². The van der Waals surface area contributed by atoms with E-state index in [4.69, 9.17) is 28.0 Å². The fourth-order valence-corrected chi connectivity index (χ4v) is 4.50. The average Bonchev–Trinajstić information content (AvgIpc) is 3.39. The molecular formula is C24H23Cl2F4N3O2. The predicted molar refractivity (Wildman–Crippen MR) is 125 cm³/mol. The second-order valence-electron chi connectivity index (χ2n) is 9.94. The minimum atomic E-state index is -4.88. The van der Waals surface area contributed by atoms with Crippen molar-refractivity contribution in [1.82, 2.24) is 10.2 Å². The van der Waals surface area contributed by atoms with Crippen LogP contribution in [0.25, 0.3) is 0 Å². The van der Waals surface area contributed by atoms with Crippen LogP contribution in [0.5, 0.6) is 0 Å². The molecule has 0 bridgehead atoms. The number of amidine groups is 1. The highest BCUT2D eigenvalue weighted by atomic mass is 35.5. The predicted octanol–water partition coefficient (Wildman–Crippen LogP) is 6.42. The molecule has 2 heterocycles. The highest BCUT2D eigenvalue weighted by Crippen LogP contribution is 2.50. The Bertz CT molecular complexity index is 1190. The molecule has 5 nitrogen and oxygen atoms in total. The van der Waals surface area contributed by atoms with Gasteiger partial charge in [0.1, 0.15) is 5.84 Å². The number of carbonyl (C=O) groups excluding carboxylic acids is 1. The molecule has 1 atom stereocenters. The van der Waals surface area contributed by atoms with Crippen molar-refractivity contribution in [3.8, 4) is 0 Å². The Hall–Kier alpha value is -2.52. The summed E-state index contributed by atoms with van der Waals surface area (Å²) in [5.74, 6) is -1.15. The maximum absolute atomic E-state index is 14.2. The highest BCUT2D eigenvalue weighted by Gasteiger charge is 2.63. The van der Waals surface area contributed by atoms with Gasteiger partial charge in [0.15, 0.2) is 5.82 Å². The standard InChI is InChI=1S/C24H23Cl2F4N3O2/c1-22(2,3)12-31-21(34)13-4-5-14-10-33(11-15(14)6-13)19-9-23(35-32-19,24(28,29)30)16-7-17(25)20(27)18(26)8-16/h4-8H,9-12H2,1-3H3,(H,31,34). The van der Waals surface area contributed by atoms with Gasteiger partial charge in [-0.2, -0.15) is 13.2 Å². The summed E-state index contributed by atoms with van der Waals surface area (Å²) >= 11 is 11.5. The Kier molecular flexibility index (Phi) is 6.47. The minimum Gasteiger partial charge on any atom is -0.372 e. The van der Waals surface area contributed by atoms with E-state index in [1.54, 1.807) is 23.1 Å². The SMILES string of the molecule is CC(C)(C)CNC(=O)c1ccc2c(c1)CN(C1=NOC(c3cc(Cl)c(F)c(Cl)c3)(C(F)(F)F)C1)C2. The van der Waals surface area contributed by atoms with E-state index in [9.17, 15) is 22.4 Å². The molecule has 0 saturated carbocycles. The number of oxime groups is 1. The number of fused-ring (bicyclic) bond motifs is 1. The van der Waals surface area contributed by atoms with Crippen LogP contribution in [0.4, 0.5) is 17.6 Å². The number of amides is 1. The molecular weight excluding hydrogens is 509 g/mol. The van der Waals surface area contributed by atoms with Crippen LogP contribution in [0.2, 0.25) is 10.0 Å². The number of carbonyl (C=O) groups is 1. The van der Waals surface area contributed by atoms with Crippen molar-refractivity contribution in [2.24, 2.45) is 10.6 Å². The van der Waals surface area contributed by atoms with Crippen LogP contribution < -0.4 is 5.32 Å². The Morgan fingerprint density at radius 3 is 2.34 bits per heavy atom. The van der Waals surface area contributed by atoms with Crippen molar-refractivity contribution in [3.05, 3.63) is 68.4 Å². The molecule has 4 rings (SSSR count). The van der Waals surface area contributed by atoms with Crippen LogP contribution in [0.3, 0.4) is 0 Å². The average molecular weight is 532 g/mol. The molecule has 0 fully saturated rings. The summed E-state index contributed by atoms with van der Waals surface area (Å²) in [5, 5.41) is 5.56. The first kappa shape index (κ1) is 25.6. The second kappa shape index (κ2) is 8.85. The lowest BCUT2D eigenvalue weighted by Gasteiger charge is -2.30. The molecule has 0 saturated heterocycles. The van der Waals surface area contributed by atoms with Gasteiger partial charge in [-0.15, -0.1) is 0 Å². The van der Waals surface area contributed by atoms with Crippen LogP contribution in [-0.4, -0.2) is 29.4 Å². The van der Waals surface area contributed by atoms with Crippen molar-refractivity contribution in [1.29, 1.82) is 0 Å². The molecule has 0 aliphatic carbocycles. The van der Waals surface area contributed by atoms with Gasteiger partial charge in [0.05, 0.1) is 16.5 Å². The number of nitrogens with zero attached hydrogens (tertiary/aromatic N) is 2. The first-order valence-corrected chi connectivity index (χ1v) is 11.6. The number of hydrogen-bond donors (Lipinski definition) is 1. The zero-order chi connectivity index (χ0) is 25.8. The molecule has 2 aromatic rings. The van der Waals surface area contributed by atoms with E-state index >= 15 is 0 Å². The van der Waals surface area contributed by atoms with Crippen LogP contribution in [0.15, 0.2) is 35.5 Å². The van der Waals surface area contributed by atoms with E-state index in [1.165, 1.54) is 0 Å². The van der Waals surface area contributed by atoms with Crippen molar-refractivity contribution in [2.45, 2.75) is 52.1 Å². The molecule has 2 aromatic carbocycles. The summed E-state index contributed by atoms with van der Waals surface area (Å²) in [5.41, 5.74) is -1.20.